The zero-order chi connectivity index (χ0) is 5.66. The van der Waals surface area contributed by atoms with Gasteiger partial charge in [0.1, 0.15) is 0 Å². The van der Waals surface area contributed by atoms with Crippen molar-refractivity contribution in [3.8, 4) is 0 Å². The van der Waals surface area contributed by atoms with Crippen LogP contribution in [-0.2, 0) is 0 Å². The van der Waals surface area contributed by atoms with Crippen molar-refractivity contribution in [2.45, 2.75) is 0 Å². The Morgan fingerprint density at radius 1 is 0.667 bits per heavy atom. The molecule has 0 amide bonds. The Bertz CT molecular complexity index is 35.0. The van der Waals surface area contributed by atoms with Crippen molar-refractivity contribution in [3.63, 3.8) is 0 Å². The van der Waals surface area contributed by atoms with Crippen LogP contribution in [0.15, 0.2) is 0 Å². The van der Waals surface area contributed by atoms with Gasteiger partial charge in [-0.25, -0.2) is 0 Å². The summed E-state index contributed by atoms with van der Waals surface area (Å²) in [5.41, 5.74) is 0. The zero-order valence-corrected chi connectivity index (χ0v) is 13.7. The molecule has 0 bridgehead atoms. The van der Waals surface area contributed by atoms with Crippen molar-refractivity contribution in [2.24, 2.45) is 0 Å². The minimum atomic E-state index is 0. The molecule has 1 heterocycles. The molecule has 0 aromatic carbocycles. The minimum absolute atomic E-state index is 0. The molecule has 0 aliphatic carbocycles. The first-order valence-electron chi connectivity index (χ1n) is 1.61. The van der Waals surface area contributed by atoms with Gasteiger partial charge in [-0.05, 0) is 0 Å². The van der Waals surface area contributed by atoms with Crippen LogP contribution in [-0.4, -0.2) is 60.6 Å². The molecule has 0 atom stereocenters. The second kappa shape index (κ2) is 9.89. The van der Waals surface area contributed by atoms with E-state index in [1.54, 1.807) is 62.2 Å². The van der Waals surface area contributed by atoms with E-state index in [1.165, 1.54) is 0 Å². The smallest absolute Gasteiger partial charge is 0.366 e. The number of hydrogen-bond acceptors (Lipinski definition) is 6. The van der Waals surface area contributed by atoms with Gasteiger partial charge in [0.2, 0.25) is 0 Å². The normalized spacial score (nSPS) is 21.3. The fourth-order valence-electron chi connectivity index (χ4n) is 0.142. The molecular weight excluding hydrogens is 351 g/mol. The summed E-state index contributed by atoms with van der Waals surface area (Å²) >= 11 is 0. The molecule has 0 aromatic heterocycles. The van der Waals surface area contributed by atoms with E-state index in [9.17, 15) is 0 Å². The van der Waals surface area contributed by atoms with Crippen molar-refractivity contribution >= 4 is 123 Å². The van der Waals surface area contributed by atoms with Gasteiger partial charge in [-0.15, -0.1) is 31.3 Å². The van der Waals surface area contributed by atoms with Crippen LogP contribution < -0.4 is 0 Å². The second-order valence-corrected chi connectivity index (χ2v) is 8.87. The van der Waals surface area contributed by atoms with E-state index in [0.717, 1.165) is 0 Å². The first-order chi connectivity index (χ1) is 4.00. The third-order valence-electron chi connectivity index (χ3n) is 0.314. The summed E-state index contributed by atoms with van der Waals surface area (Å²) in [6, 6.07) is 0. The number of hydrogen-bond donors (Lipinski definition) is 0. The average molecular weight is 351 g/mol. The Kier molecular flexibility index (Phi) is 14.1. The third-order valence-corrected chi connectivity index (χ3v) is 8.49. The summed E-state index contributed by atoms with van der Waals surface area (Å²) in [6.07, 6.45) is 0. The maximum absolute atomic E-state index is 2.14. The summed E-state index contributed by atoms with van der Waals surface area (Å²) in [5.74, 6) is 4.28. The molecule has 1 aliphatic heterocycles. The van der Waals surface area contributed by atoms with Gasteiger partial charge in [0.05, 0.1) is 0 Å². The Morgan fingerprint density at radius 2 is 1.00 bits per heavy atom. The van der Waals surface area contributed by atoms with Crippen LogP contribution >= 0.6 is 62.2 Å². The number of rotatable bonds is 0. The van der Waals surface area contributed by atoms with E-state index in [4.69, 9.17) is 0 Å². The summed E-state index contributed by atoms with van der Waals surface area (Å²) in [4.78, 5) is 0. The topological polar surface area (TPSA) is 0 Å². The van der Waals surface area contributed by atoms with Crippen LogP contribution in [0.3, 0.4) is 0 Å². The van der Waals surface area contributed by atoms with Crippen LogP contribution in [0.2, 0.25) is 0 Å². The quantitative estimate of drug-likeness (QED) is 0.483. The summed E-state index contributed by atoms with van der Waals surface area (Å²) in [7, 11) is 10.7. The Balaban J connectivity index is 0.000000640. The predicted molar refractivity (Wildman–Crippen MR) is 62.8 cm³/mol. The van der Waals surface area contributed by atoms with E-state index >= 15 is 0 Å². The first-order valence-corrected chi connectivity index (χ1v) is 8.83. The maximum Gasteiger partial charge on any atom is 2.00 e. The van der Waals surface area contributed by atoms with Gasteiger partial charge < -0.3 is 42.6 Å². The Labute approximate surface area is 120 Å². The van der Waals surface area contributed by atoms with Gasteiger partial charge in [-0.3, -0.25) is 0 Å². The monoisotopic (exact) mass is 352 g/mol. The molecule has 44 valence electrons. The van der Waals surface area contributed by atoms with E-state index in [0.29, 0.717) is 0 Å². The third kappa shape index (κ3) is 8.14. The molecule has 0 aromatic rings. The van der Waals surface area contributed by atoms with Gasteiger partial charge in [-0.2, -0.15) is 0 Å². The van der Waals surface area contributed by atoms with Gasteiger partial charge in [0.15, 0.2) is 0 Å². The summed E-state index contributed by atoms with van der Waals surface area (Å²) in [6.45, 7) is 0. The molecule has 9 heavy (non-hydrogen) atoms. The van der Waals surface area contributed by atoms with Crippen molar-refractivity contribution in [1.82, 2.24) is 0 Å². The molecule has 1 rings (SSSR count). The van der Waals surface area contributed by atoms with Crippen LogP contribution in [0.1, 0.15) is 0 Å². The standard InChI is InChI=1S/B2S6.Ba/c1-3-7-5-2-6-8-4-1;/q-2;+2. The Hall–Kier alpha value is 3.80. The molecular formula is B2BaS6. The van der Waals surface area contributed by atoms with Crippen molar-refractivity contribution in [2.75, 3.05) is 0 Å². The van der Waals surface area contributed by atoms with Crippen LogP contribution in [0.4, 0.5) is 0 Å². The fraction of sp³-hybridized carbons (Fsp3) is 0. The van der Waals surface area contributed by atoms with E-state index in [-0.39, 0.29) is 48.9 Å². The van der Waals surface area contributed by atoms with Crippen molar-refractivity contribution in [3.05, 3.63) is 0 Å². The average Bonchev–Trinajstić information content (AvgIpc) is 1.62. The molecule has 0 nitrogen and oxygen atoms in total. The molecule has 9 heteroatoms. The molecule has 0 saturated carbocycles. The van der Waals surface area contributed by atoms with E-state index < -0.39 is 0 Å². The van der Waals surface area contributed by atoms with E-state index in [2.05, 4.69) is 11.7 Å². The predicted octanol–water partition coefficient (Wildman–Crippen LogP) is 2.75. The summed E-state index contributed by atoms with van der Waals surface area (Å²) < 4.78 is 0. The SMILES string of the molecule is [B-]1SSS[B-]SSS1.[Ba+2]. The van der Waals surface area contributed by atoms with Gasteiger partial charge >= 0.3 is 48.9 Å². The molecule has 1 aliphatic rings. The van der Waals surface area contributed by atoms with Crippen LogP contribution in [0, 0.1) is 0 Å². The second-order valence-electron chi connectivity index (χ2n) is 0.713. The van der Waals surface area contributed by atoms with Gasteiger partial charge in [0.25, 0.3) is 0 Å². The minimum Gasteiger partial charge on any atom is -0.366 e. The van der Waals surface area contributed by atoms with Crippen LogP contribution in [0.5, 0.6) is 0 Å². The van der Waals surface area contributed by atoms with Gasteiger partial charge in [0, 0.05) is 0 Å². The Morgan fingerprint density at radius 3 is 1.33 bits per heavy atom. The largest absolute Gasteiger partial charge is 2.00 e. The zero-order valence-electron chi connectivity index (χ0n) is 4.31. The van der Waals surface area contributed by atoms with Crippen molar-refractivity contribution in [1.29, 1.82) is 0 Å². The molecule has 0 N–H and O–H groups in total. The first kappa shape index (κ1) is 12.8. The van der Waals surface area contributed by atoms with Crippen molar-refractivity contribution < 1.29 is 0 Å². The fourth-order valence-corrected chi connectivity index (χ4v) is 9.02. The van der Waals surface area contributed by atoms with Gasteiger partial charge in [-0.1, -0.05) is 0 Å². The molecule has 0 spiro atoms. The molecule has 1 saturated heterocycles. The molecule has 0 unspecified atom stereocenters. The summed E-state index contributed by atoms with van der Waals surface area (Å²) in [5, 5.41) is 0. The molecule has 1 fully saturated rings. The van der Waals surface area contributed by atoms with E-state index in [1.807, 2.05) is 0 Å². The molecule has 4 radical (unpaired) electrons. The maximum atomic E-state index is 2.14. The van der Waals surface area contributed by atoms with Crippen LogP contribution in [0.25, 0.3) is 0 Å².